The lowest BCUT2D eigenvalue weighted by atomic mass is 10.1. The summed E-state index contributed by atoms with van der Waals surface area (Å²) in [4.78, 5) is 23.6. The van der Waals surface area contributed by atoms with Crippen LogP contribution in [-0.4, -0.2) is 36.4 Å². The van der Waals surface area contributed by atoms with Crippen molar-refractivity contribution in [1.29, 1.82) is 0 Å². The molecule has 0 rings (SSSR count). The fourth-order valence-corrected chi connectivity index (χ4v) is 3.81. The minimum Gasteiger partial charge on any atom is -0.463 e. The van der Waals surface area contributed by atoms with E-state index in [0.29, 0.717) is 12.8 Å². The predicted octanol–water partition coefficient (Wildman–Crippen LogP) is 8.39. The van der Waals surface area contributed by atoms with Gasteiger partial charge in [-0.3, -0.25) is 9.59 Å². The average Bonchev–Trinajstić information content (AvgIpc) is 2.88. The van der Waals surface area contributed by atoms with Crippen molar-refractivity contribution < 1.29 is 24.2 Å². The number of esters is 2. The van der Waals surface area contributed by atoms with Crippen LogP contribution in [0.2, 0.25) is 0 Å². The van der Waals surface area contributed by atoms with Gasteiger partial charge in [-0.25, -0.2) is 0 Å². The highest BCUT2D eigenvalue weighted by atomic mass is 16.6. The highest BCUT2D eigenvalue weighted by Gasteiger charge is 2.12. The Morgan fingerprint density at radius 1 is 0.556 bits per heavy atom. The second-order valence-corrected chi connectivity index (χ2v) is 9.86. The standard InChI is InChI=1S/C31H56O5/c1-3-5-7-9-11-13-15-17-19-21-23-25-30(33)35-27-29(32)28-36-31(34)26-24-22-20-18-16-14-12-10-8-6-4-2/h9-12,29,32H,3-8,13-28H2,1-2H3/b11-9+,12-10+. The normalized spacial score (nSPS) is 11.7. The number of aliphatic hydroxyl groups is 1. The molecular weight excluding hydrogens is 452 g/mol. The molecule has 0 fully saturated rings. The van der Waals surface area contributed by atoms with E-state index >= 15 is 0 Å². The smallest absolute Gasteiger partial charge is 0.305 e. The van der Waals surface area contributed by atoms with Gasteiger partial charge in [-0.2, -0.15) is 0 Å². The molecule has 0 saturated heterocycles. The molecule has 0 unspecified atom stereocenters. The van der Waals surface area contributed by atoms with Gasteiger partial charge in [0.25, 0.3) is 0 Å². The van der Waals surface area contributed by atoms with E-state index in [1.54, 1.807) is 0 Å². The number of carbonyl (C=O) groups excluding carboxylic acids is 2. The Balaban J connectivity index is 3.49. The monoisotopic (exact) mass is 508 g/mol. The Morgan fingerprint density at radius 3 is 1.28 bits per heavy atom. The average molecular weight is 509 g/mol. The van der Waals surface area contributed by atoms with E-state index in [0.717, 1.165) is 51.4 Å². The molecule has 0 radical (unpaired) electrons. The maximum Gasteiger partial charge on any atom is 0.305 e. The zero-order valence-electron chi connectivity index (χ0n) is 23.5. The minimum absolute atomic E-state index is 0.122. The molecule has 5 nitrogen and oxygen atoms in total. The Morgan fingerprint density at radius 2 is 0.889 bits per heavy atom. The van der Waals surface area contributed by atoms with Crippen LogP contribution in [0.3, 0.4) is 0 Å². The number of unbranched alkanes of at least 4 members (excludes halogenated alkanes) is 14. The topological polar surface area (TPSA) is 72.8 Å². The van der Waals surface area contributed by atoms with E-state index in [9.17, 15) is 14.7 Å². The Hall–Kier alpha value is -1.62. The fourth-order valence-electron chi connectivity index (χ4n) is 3.81. The second kappa shape index (κ2) is 28.0. The highest BCUT2D eigenvalue weighted by molar-refractivity contribution is 5.69. The summed E-state index contributed by atoms with van der Waals surface area (Å²) >= 11 is 0. The van der Waals surface area contributed by atoms with Gasteiger partial charge in [0.15, 0.2) is 0 Å². The molecule has 0 aliphatic rings. The summed E-state index contributed by atoms with van der Waals surface area (Å²) in [6, 6.07) is 0. The van der Waals surface area contributed by atoms with Gasteiger partial charge in [-0.05, 0) is 51.4 Å². The van der Waals surface area contributed by atoms with Crippen LogP contribution in [-0.2, 0) is 19.1 Å². The Labute approximate surface area is 222 Å². The van der Waals surface area contributed by atoms with E-state index in [-0.39, 0.29) is 25.2 Å². The summed E-state index contributed by atoms with van der Waals surface area (Å²) in [5.41, 5.74) is 0. The van der Waals surface area contributed by atoms with Crippen molar-refractivity contribution in [2.45, 2.75) is 148 Å². The molecule has 0 saturated carbocycles. The molecule has 0 spiro atoms. The summed E-state index contributed by atoms with van der Waals surface area (Å²) in [5, 5.41) is 9.90. The van der Waals surface area contributed by atoms with Crippen molar-refractivity contribution >= 4 is 11.9 Å². The maximum absolute atomic E-state index is 11.8. The van der Waals surface area contributed by atoms with Crippen molar-refractivity contribution in [2.24, 2.45) is 0 Å². The van der Waals surface area contributed by atoms with Gasteiger partial charge in [0.1, 0.15) is 19.3 Å². The number of hydrogen-bond acceptors (Lipinski definition) is 5. The summed E-state index contributed by atoms with van der Waals surface area (Å²) in [6.45, 7) is 4.18. The molecule has 0 bridgehead atoms. The first-order chi connectivity index (χ1) is 17.6. The van der Waals surface area contributed by atoms with E-state index in [1.165, 1.54) is 64.2 Å². The molecule has 0 aromatic rings. The number of rotatable bonds is 26. The SMILES string of the molecule is CCCC/C=C/CCCCCCCC(=O)OCC(O)COC(=O)CCCCCCC/C=C/CCCC. The van der Waals surface area contributed by atoms with Crippen molar-refractivity contribution in [3.63, 3.8) is 0 Å². The lowest BCUT2D eigenvalue weighted by molar-refractivity contribution is -0.152. The van der Waals surface area contributed by atoms with Crippen molar-refractivity contribution in [1.82, 2.24) is 0 Å². The van der Waals surface area contributed by atoms with Gasteiger partial charge < -0.3 is 14.6 Å². The first kappa shape index (κ1) is 34.4. The van der Waals surface area contributed by atoms with Gasteiger partial charge in [0.2, 0.25) is 0 Å². The zero-order valence-corrected chi connectivity index (χ0v) is 23.5. The molecule has 0 atom stereocenters. The number of allylic oxidation sites excluding steroid dienone is 4. The molecule has 0 heterocycles. The summed E-state index contributed by atoms with van der Waals surface area (Å²) in [5.74, 6) is -0.591. The quantitative estimate of drug-likeness (QED) is 0.0721. The van der Waals surface area contributed by atoms with Crippen LogP contribution in [0, 0.1) is 0 Å². The van der Waals surface area contributed by atoms with E-state index < -0.39 is 6.10 Å². The number of aliphatic hydroxyl groups excluding tert-OH is 1. The molecular formula is C31H56O5. The lowest BCUT2D eigenvalue weighted by Gasteiger charge is -2.12. The molecule has 0 amide bonds. The summed E-state index contributed by atoms with van der Waals surface area (Å²) in [7, 11) is 0. The van der Waals surface area contributed by atoms with Crippen LogP contribution in [0.4, 0.5) is 0 Å². The van der Waals surface area contributed by atoms with Gasteiger partial charge >= 0.3 is 11.9 Å². The lowest BCUT2D eigenvalue weighted by Crippen LogP contribution is -2.25. The van der Waals surface area contributed by atoms with Gasteiger partial charge in [0, 0.05) is 12.8 Å². The second-order valence-electron chi connectivity index (χ2n) is 9.86. The van der Waals surface area contributed by atoms with Crippen LogP contribution in [0.15, 0.2) is 24.3 Å². The highest BCUT2D eigenvalue weighted by Crippen LogP contribution is 2.10. The van der Waals surface area contributed by atoms with Gasteiger partial charge in [-0.15, -0.1) is 0 Å². The molecule has 210 valence electrons. The maximum atomic E-state index is 11.8. The van der Waals surface area contributed by atoms with E-state index in [1.807, 2.05) is 0 Å². The molecule has 0 aromatic carbocycles. The third-order valence-corrected chi connectivity index (χ3v) is 6.16. The van der Waals surface area contributed by atoms with Crippen molar-refractivity contribution in [2.75, 3.05) is 13.2 Å². The van der Waals surface area contributed by atoms with Crippen LogP contribution < -0.4 is 0 Å². The third kappa shape index (κ3) is 27.0. The van der Waals surface area contributed by atoms with Crippen molar-refractivity contribution in [3.8, 4) is 0 Å². The van der Waals surface area contributed by atoms with Crippen molar-refractivity contribution in [3.05, 3.63) is 24.3 Å². The Kier molecular flexibility index (Phi) is 26.7. The molecule has 1 N–H and O–H groups in total. The molecule has 0 aliphatic heterocycles. The van der Waals surface area contributed by atoms with Crippen LogP contribution in [0.5, 0.6) is 0 Å². The zero-order chi connectivity index (χ0) is 26.5. The summed E-state index contributed by atoms with van der Waals surface area (Å²) in [6.07, 6.45) is 29.3. The van der Waals surface area contributed by atoms with Gasteiger partial charge in [-0.1, -0.05) is 102 Å². The summed E-state index contributed by atoms with van der Waals surface area (Å²) < 4.78 is 10.2. The Bertz CT molecular complexity index is 507. The van der Waals surface area contributed by atoms with E-state index in [2.05, 4.69) is 38.2 Å². The number of carbonyl (C=O) groups is 2. The third-order valence-electron chi connectivity index (χ3n) is 6.16. The molecule has 0 aliphatic carbocycles. The minimum atomic E-state index is -0.964. The fraction of sp³-hybridized carbons (Fsp3) is 0.806. The molecule has 5 heteroatoms. The largest absolute Gasteiger partial charge is 0.463 e. The predicted molar refractivity (Wildman–Crippen MR) is 150 cm³/mol. The first-order valence-electron chi connectivity index (χ1n) is 14.9. The van der Waals surface area contributed by atoms with Crippen LogP contribution >= 0.6 is 0 Å². The van der Waals surface area contributed by atoms with Crippen LogP contribution in [0.25, 0.3) is 0 Å². The molecule has 0 aromatic heterocycles. The van der Waals surface area contributed by atoms with E-state index in [4.69, 9.17) is 9.47 Å². The van der Waals surface area contributed by atoms with Crippen LogP contribution in [0.1, 0.15) is 142 Å². The van der Waals surface area contributed by atoms with Gasteiger partial charge in [0.05, 0.1) is 0 Å². The first-order valence-corrected chi connectivity index (χ1v) is 14.9. The molecule has 36 heavy (non-hydrogen) atoms. The number of ether oxygens (including phenoxy) is 2. The number of hydrogen-bond donors (Lipinski definition) is 1.